The van der Waals surface area contributed by atoms with Crippen LogP contribution in [0.15, 0.2) is 133 Å². The number of nitrogens with one attached hydrogen (secondary N) is 4. The van der Waals surface area contributed by atoms with E-state index in [1.54, 1.807) is 36.4 Å². The second-order valence-corrected chi connectivity index (χ2v) is 23.0. The van der Waals surface area contributed by atoms with E-state index in [0.717, 1.165) is 47.5 Å². The molecule has 0 spiro atoms. The van der Waals surface area contributed by atoms with Gasteiger partial charge in [0, 0.05) is 72.0 Å². The number of hydrogen-bond acceptors (Lipinski definition) is 28. The van der Waals surface area contributed by atoms with Crippen LogP contribution in [0.2, 0.25) is 0 Å². The van der Waals surface area contributed by atoms with Crippen LogP contribution in [-0.2, 0) is 39.9 Å². The number of nitrogens with zero attached hydrogens (tertiary/aromatic N) is 11. The molecule has 0 unspecified atom stereocenters. The van der Waals surface area contributed by atoms with E-state index in [9.17, 15) is 46.8 Å². The van der Waals surface area contributed by atoms with Gasteiger partial charge in [-0.05, 0) is 126 Å². The van der Waals surface area contributed by atoms with E-state index in [1.165, 1.54) is 55.6 Å². The first kappa shape index (κ1) is 69.2. The normalized spacial score (nSPS) is 11.6. The van der Waals surface area contributed by atoms with E-state index >= 15 is 0 Å². The van der Waals surface area contributed by atoms with Crippen LogP contribution in [0.5, 0.6) is 0 Å². The van der Waals surface area contributed by atoms with Crippen molar-refractivity contribution in [2.75, 3.05) is 69.6 Å². The smallest absolute Gasteiger partial charge is 0.396 e. The quantitative estimate of drug-likeness (QED) is 0.00568. The van der Waals surface area contributed by atoms with Gasteiger partial charge in [-0.2, -0.15) is 23.4 Å². The summed E-state index contributed by atoms with van der Waals surface area (Å²) in [6.07, 6.45) is 3.75. The minimum Gasteiger partial charge on any atom is -0.396 e. The molecule has 10 N–H and O–H groups in total. The fourth-order valence-corrected chi connectivity index (χ4v) is 10.9. The van der Waals surface area contributed by atoms with E-state index in [4.69, 9.17) is 29.1 Å². The molecular formula is C55H57N17O13S5. The molecule has 4 amide bonds. The Kier molecular flexibility index (Phi) is 24.9. The number of azo groups is 2. The van der Waals surface area contributed by atoms with Crippen LogP contribution in [0.25, 0.3) is 12.2 Å². The Bertz CT molecular complexity index is 4220. The molecule has 470 valence electrons. The van der Waals surface area contributed by atoms with Crippen LogP contribution in [0, 0.1) is 0 Å². The minimum absolute atomic E-state index is 0.00652. The number of rotatable bonds is 28. The number of hydrogen-bond donors (Lipinski definition) is 8. The standard InChI is InChI=1S/C55H57N17O10S4.O3S/c1-7-71(8-2)36-17-19-41(67-69-53-58-29-38(84-53)27-39(30(5)74)48(78)59-34-15-11-13-32(23-34)46(56)76)43(25-36)61-51-64-52(66-54(65-51)83-22-21-73)62-44-26-37(72(9-3)10-4)18-20-42(44)68-70-55-63-50(86(80,81)82)45(85-55)28-40(31(6)75)49(79)60-35-16-12-14-33(24-35)47(57)77;1-4(2)3/h11-20,23-29,73H,7-10,21-22H2,1-6H3,(H2,56,76)(H2,57,77)(H,59,78)(H,60,79)(H,80,81,82)(H2,61,62,64,65,66);/b39-27+,40-28-,69-67?,70-68?;. The number of benzene rings is 4. The maximum atomic E-state index is 13.4. The first-order chi connectivity index (χ1) is 42.8. The number of aromatic nitrogens is 5. The van der Waals surface area contributed by atoms with Gasteiger partial charge in [0.1, 0.15) is 11.4 Å². The van der Waals surface area contributed by atoms with Crippen molar-refractivity contribution in [3.8, 4) is 0 Å². The maximum Gasteiger partial charge on any atom is 0.425 e. The van der Waals surface area contributed by atoms with Crippen LogP contribution in [0.4, 0.5) is 67.7 Å². The van der Waals surface area contributed by atoms with Crippen molar-refractivity contribution in [1.82, 2.24) is 24.9 Å². The van der Waals surface area contributed by atoms with Gasteiger partial charge in [-0.15, -0.1) is 33.1 Å². The number of thioether (sulfide) groups is 1. The first-order valence-corrected chi connectivity index (χ1v) is 31.6. The average Bonchev–Trinajstić information content (AvgIpc) is 1.53. The zero-order valence-corrected chi connectivity index (χ0v) is 52.6. The maximum absolute atomic E-state index is 13.4. The monoisotopic (exact) mass is 1320 g/mol. The van der Waals surface area contributed by atoms with Gasteiger partial charge in [0.15, 0.2) is 16.7 Å². The van der Waals surface area contributed by atoms with Gasteiger partial charge in [0.25, 0.3) is 11.8 Å². The number of aliphatic hydroxyl groups is 1. The highest BCUT2D eigenvalue weighted by molar-refractivity contribution is 7.99. The predicted molar refractivity (Wildman–Crippen MR) is 341 cm³/mol. The minimum atomic E-state index is -5.07. The molecule has 0 saturated carbocycles. The van der Waals surface area contributed by atoms with Crippen molar-refractivity contribution in [2.24, 2.45) is 31.9 Å². The number of carbonyl (C=O) groups excluding carboxylic acids is 6. The lowest BCUT2D eigenvalue weighted by atomic mass is 10.1. The number of carbonyl (C=O) groups is 6. The zero-order chi connectivity index (χ0) is 65.8. The molecule has 0 aliphatic carbocycles. The molecule has 30 nitrogen and oxygen atoms in total. The van der Waals surface area contributed by atoms with E-state index < -0.39 is 66.5 Å². The molecule has 7 rings (SSSR count). The van der Waals surface area contributed by atoms with Gasteiger partial charge in [0.2, 0.25) is 39.0 Å². The molecule has 3 heterocycles. The summed E-state index contributed by atoms with van der Waals surface area (Å²) in [5.41, 5.74) is 13.5. The third-order valence-electron chi connectivity index (χ3n) is 12.1. The second-order valence-electron chi connectivity index (χ2n) is 18.2. The molecular weight excluding hydrogens is 1270 g/mol. The molecule has 35 heteroatoms. The van der Waals surface area contributed by atoms with Crippen molar-refractivity contribution in [1.29, 1.82) is 0 Å². The third-order valence-corrected chi connectivity index (χ3v) is 15.6. The predicted octanol–water partition coefficient (Wildman–Crippen LogP) is 8.54. The van der Waals surface area contributed by atoms with Crippen LogP contribution in [0.3, 0.4) is 0 Å². The number of aliphatic hydroxyl groups excluding tert-OH is 1. The fraction of sp³-hybridized carbons (Fsp3) is 0.218. The summed E-state index contributed by atoms with van der Waals surface area (Å²) in [5, 5.41) is 38.2. The number of Topliss-reactive ketones (excluding diaryl/α,β-unsaturated/α-hetero) is 2. The van der Waals surface area contributed by atoms with Gasteiger partial charge < -0.3 is 47.6 Å². The van der Waals surface area contributed by atoms with E-state index in [-0.39, 0.29) is 78.3 Å². The molecule has 7 aromatic rings. The number of thiazole rings is 2. The highest BCUT2D eigenvalue weighted by Crippen LogP contribution is 2.38. The highest BCUT2D eigenvalue weighted by atomic mass is 32.2. The number of amides is 4. The molecule has 0 saturated heterocycles. The topological polar surface area (TPSA) is 449 Å². The van der Waals surface area contributed by atoms with Crippen LogP contribution in [-0.4, -0.2) is 129 Å². The molecule has 3 aromatic heterocycles. The molecule has 0 aliphatic rings. The Morgan fingerprint density at radius 3 is 1.54 bits per heavy atom. The summed E-state index contributed by atoms with van der Waals surface area (Å²) in [6.45, 7) is 12.7. The fourth-order valence-electron chi connectivity index (χ4n) is 7.94. The summed E-state index contributed by atoms with van der Waals surface area (Å²) < 4.78 is 61.0. The van der Waals surface area contributed by atoms with Gasteiger partial charge in [-0.1, -0.05) is 46.6 Å². The Balaban J connectivity index is 0.00000313. The number of primary amides is 2. The third kappa shape index (κ3) is 19.8. The largest absolute Gasteiger partial charge is 0.425 e. The molecule has 0 fully saturated rings. The summed E-state index contributed by atoms with van der Waals surface area (Å²) in [6, 6.07) is 22.2. The Hall–Kier alpha value is -9.91. The van der Waals surface area contributed by atoms with E-state index in [1.807, 2.05) is 39.8 Å². The van der Waals surface area contributed by atoms with E-state index in [2.05, 4.69) is 71.5 Å². The molecule has 0 radical (unpaired) electrons. The Morgan fingerprint density at radius 1 is 0.644 bits per heavy atom. The zero-order valence-electron chi connectivity index (χ0n) is 48.6. The number of nitrogens with two attached hydrogens (primary N) is 2. The van der Waals surface area contributed by atoms with Gasteiger partial charge in [-0.25, -0.2) is 9.97 Å². The van der Waals surface area contributed by atoms with Crippen LogP contribution >= 0.6 is 34.4 Å². The SMILES string of the molecule is CCN(CC)c1ccc(N=Nc2ncc(/C=C(\C(C)=O)C(=O)Nc3cccc(C(N)=O)c3)s2)c(Nc2nc(Nc3cc(N(CC)CC)ccc3N=Nc3nc(S(=O)(=O)O)c(/C=C(/C(C)=O)C(=O)Nc4cccc(C(N)=O)c4)s3)nc(SCCO)n2)c1.O=S(=O)=O. The lowest BCUT2D eigenvalue weighted by Crippen LogP contribution is -2.21. The van der Waals surface area contributed by atoms with Crippen molar-refractivity contribution >= 4 is 170 Å². The van der Waals surface area contributed by atoms with Gasteiger partial charge in [-0.3, -0.25) is 33.3 Å². The van der Waals surface area contributed by atoms with Crippen molar-refractivity contribution in [3.63, 3.8) is 0 Å². The molecule has 0 atom stereocenters. The summed E-state index contributed by atoms with van der Waals surface area (Å²) in [5.74, 6) is -4.18. The van der Waals surface area contributed by atoms with Crippen molar-refractivity contribution in [3.05, 3.63) is 123 Å². The first-order valence-electron chi connectivity index (χ1n) is 26.6. The number of anilines is 8. The van der Waals surface area contributed by atoms with Crippen LogP contribution < -0.4 is 42.5 Å². The average molecular weight is 1320 g/mol. The summed E-state index contributed by atoms with van der Waals surface area (Å²) in [7, 11) is -8.18. The van der Waals surface area contributed by atoms with Crippen molar-refractivity contribution < 1.29 is 59.5 Å². The summed E-state index contributed by atoms with van der Waals surface area (Å²) in [4.78, 5) is 102. The van der Waals surface area contributed by atoms with E-state index in [0.29, 0.717) is 59.5 Å². The lowest BCUT2D eigenvalue weighted by Gasteiger charge is -2.22. The molecule has 4 aromatic carbocycles. The second kappa shape index (κ2) is 32.4. The summed E-state index contributed by atoms with van der Waals surface area (Å²) >= 11 is 2.80. The number of ketones is 2. The molecule has 0 aliphatic heterocycles. The highest BCUT2D eigenvalue weighted by Gasteiger charge is 2.25. The Morgan fingerprint density at radius 2 is 1.11 bits per heavy atom. The molecule has 0 bridgehead atoms. The van der Waals surface area contributed by atoms with Gasteiger partial charge >= 0.3 is 20.7 Å². The van der Waals surface area contributed by atoms with Crippen molar-refractivity contribution in [2.45, 2.75) is 51.7 Å². The van der Waals surface area contributed by atoms with Crippen LogP contribution in [0.1, 0.15) is 72.0 Å². The lowest BCUT2D eigenvalue weighted by molar-refractivity contribution is -0.120. The Labute approximate surface area is 528 Å². The molecule has 90 heavy (non-hydrogen) atoms. The van der Waals surface area contributed by atoms with Gasteiger partial charge in [0.05, 0.1) is 38.9 Å².